The fraction of sp³-hybridized carbons (Fsp3) is 0.286. The summed E-state index contributed by atoms with van der Waals surface area (Å²) in [6.45, 7) is 2.46. The molecule has 0 unspecified atom stereocenters. The molecule has 2 rings (SSSR count). The third-order valence-electron chi connectivity index (χ3n) is 2.72. The van der Waals surface area contributed by atoms with Crippen LogP contribution in [0.25, 0.3) is 0 Å². The molecule has 1 aromatic heterocycles. The Balaban J connectivity index is 2.25. The van der Waals surface area contributed by atoms with E-state index < -0.39 is 0 Å². The first-order valence-corrected chi connectivity index (χ1v) is 6.76. The fourth-order valence-electron chi connectivity index (χ4n) is 1.75. The van der Waals surface area contributed by atoms with E-state index in [1.807, 2.05) is 41.1 Å². The van der Waals surface area contributed by atoms with Gasteiger partial charge in [0, 0.05) is 23.7 Å². The van der Waals surface area contributed by atoms with E-state index in [2.05, 4.69) is 11.9 Å². The van der Waals surface area contributed by atoms with E-state index in [1.165, 1.54) is 4.88 Å². The maximum atomic E-state index is 12.1. The molecule has 18 heavy (non-hydrogen) atoms. The van der Waals surface area contributed by atoms with Gasteiger partial charge in [-0.3, -0.25) is 9.79 Å². The summed E-state index contributed by atoms with van der Waals surface area (Å²) in [6, 6.07) is 9.37. The van der Waals surface area contributed by atoms with Crippen LogP contribution in [0.1, 0.15) is 22.2 Å². The highest BCUT2D eigenvalue weighted by Crippen LogP contribution is 2.07. The topological polar surface area (TPSA) is 34.4 Å². The average molecular weight is 260 g/mol. The van der Waals surface area contributed by atoms with Gasteiger partial charge < -0.3 is 4.57 Å². The van der Waals surface area contributed by atoms with Crippen molar-refractivity contribution in [3.8, 4) is 0 Å². The molecule has 3 nitrogen and oxygen atoms in total. The number of nitrogens with zero attached hydrogens (tertiary/aromatic N) is 2. The van der Waals surface area contributed by atoms with Gasteiger partial charge in [0.2, 0.25) is 0 Å². The van der Waals surface area contributed by atoms with Gasteiger partial charge in [-0.25, -0.2) is 0 Å². The minimum Gasteiger partial charge on any atom is -0.316 e. The molecular formula is C14H16N2OS. The Labute approximate surface area is 110 Å². The van der Waals surface area contributed by atoms with Crippen molar-refractivity contribution in [3.05, 3.63) is 51.8 Å². The minimum atomic E-state index is 0.117. The largest absolute Gasteiger partial charge is 0.316 e. The van der Waals surface area contributed by atoms with E-state index in [9.17, 15) is 4.79 Å². The molecule has 0 aliphatic carbocycles. The van der Waals surface area contributed by atoms with Crippen molar-refractivity contribution in [1.82, 2.24) is 4.57 Å². The van der Waals surface area contributed by atoms with Gasteiger partial charge in [-0.2, -0.15) is 0 Å². The summed E-state index contributed by atoms with van der Waals surface area (Å²) in [6.07, 6.45) is 2.99. The molecule has 0 saturated heterocycles. The predicted octanol–water partition coefficient (Wildman–Crippen LogP) is 2.53. The van der Waals surface area contributed by atoms with Crippen LogP contribution < -0.4 is 4.80 Å². The van der Waals surface area contributed by atoms with Crippen LogP contribution in [-0.4, -0.2) is 17.4 Å². The zero-order valence-corrected chi connectivity index (χ0v) is 11.4. The number of aromatic nitrogens is 1. The summed E-state index contributed by atoms with van der Waals surface area (Å²) in [5.74, 6) is 0.117. The smallest absolute Gasteiger partial charge is 0.185 e. The maximum absolute atomic E-state index is 12.1. The van der Waals surface area contributed by atoms with Crippen LogP contribution in [0, 0.1) is 0 Å². The highest BCUT2D eigenvalue weighted by Gasteiger charge is 2.08. The molecule has 0 radical (unpaired) electrons. The van der Waals surface area contributed by atoms with Crippen molar-refractivity contribution in [3.63, 3.8) is 0 Å². The van der Waals surface area contributed by atoms with E-state index in [-0.39, 0.29) is 5.78 Å². The van der Waals surface area contributed by atoms with E-state index in [4.69, 9.17) is 0 Å². The van der Waals surface area contributed by atoms with Crippen molar-refractivity contribution >= 4 is 17.1 Å². The van der Waals surface area contributed by atoms with Gasteiger partial charge >= 0.3 is 0 Å². The van der Waals surface area contributed by atoms with Crippen molar-refractivity contribution < 1.29 is 4.79 Å². The van der Waals surface area contributed by atoms with Crippen LogP contribution in [0.3, 0.4) is 0 Å². The molecule has 1 heterocycles. The lowest BCUT2D eigenvalue weighted by atomic mass is 10.1. The second kappa shape index (κ2) is 5.78. The summed E-state index contributed by atoms with van der Waals surface area (Å²) in [4.78, 5) is 18.5. The number of rotatable bonds is 4. The molecule has 0 fully saturated rings. The SMILES string of the molecule is CCc1cn(CC(=O)c2ccccc2)c(=NC)s1. The van der Waals surface area contributed by atoms with Crippen LogP contribution in [0.2, 0.25) is 0 Å². The average Bonchev–Trinajstić information content (AvgIpc) is 2.82. The van der Waals surface area contributed by atoms with Crippen LogP contribution in [0.15, 0.2) is 41.5 Å². The zero-order chi connectivity index (χ0) is 13.0. The van der Waals surface area contributed by atoms with Gasteiger partial charge in [-0.05, 0) is 6.42 Å². The molecule has 0 N–H and O–H groups in total. The summed E-state index contributed by atoms with van der Waals surface area (Å²) in [5, 5.41) is 0. The Hall–Kier alpha value is -1.68. The lowest BCUT2D eigenvalue weighted by Crippen LogP contribution is -2.19. The van der Waals surface area contributed by atoms with Crippen LogP contribution in [-0.2, 0) is 13.0 Å². The molecule has 2 aromatic rings. The minimum absolute atomic E-state index is 0.117. The normalized spacial score (nSPS) is 11.8. The lowest BCUT2D eigenvalue weighted by molar-refractivity contribution is 0.0971. The third kappa shape index (κ3) is 2.76. The number of benzene rings is 1. The number of Topliss-reactive ketones (excluding diaryl/α,β-unsaturated/α-hetero) is 1. The van der Waals surface area contributed by atoms with E-state index in [1.54, 1.807) is 18.4 Å². The van der Waals surface area contributed by atoms with Gasteiger partial charge in [-0.15, -0.1) is 11.3 Å². The Bertz CT molecular complexity index is 596. The molecule has 0 amide bonds. The van der Waals surface area contributed by atoms with Crippen molar-refractivity contribution in [2.75, 3.05) is 7.05 Å². The quantitative estimate of drug-likeness (QED) is 0.778. The summed E-state index contributed by atoms with van der Waals surface area (Å²) < 4.78 is 1.93. The van der Waals surface area contributed by atoms with E-state index >= 15 is 0 Å². The predicted molar refractivity (Wildman–Crippen MR) is 73.9 cm³/mol. The molecule has 94 valence electrons. The van der Waals surface area contributed by atoms with Gasteiger partial charge in [0.1, 0.15) is 0 Å². The molecule has 4 heteroatoms. The van der Waals surface area contributed by atoms with Gasteiger partial charge in [-0.1, -0.05) is 37.3 Å². The van der Waals surface area contributed by atoms with Crippen LogP contribution in [0.5, 0.6) is 0 Å². The van der Waals surface area contributed by atoms with Crippen molar-refractivity contribution in [2.45, 2.75) is 19.9 Å². The number of carbonyl (C=O) groups is 1. The van der Waals surface area contributed by atoms with E-state index in [0.717, 1.165) is 16.8 Å². The maximum Gasteiger partial charge on any atom is 0.185 e. The molecule has 0 spiro atoms. The molecule has 0 aliphatic heterocycles. The first-order valence-electron chi connectivity index (χ1n) is 5.94. The molecule has 0 bridgehead atoms. The van der Waals surface area contributed by atoms with Gasteiger partial charge in [0.25, 0.3) is 0 Å². The van der Waals surface area contributed by atoms with Crippen LogP contribution >= 0.6 is 11.3 Å². The Morgan fingerprint density at radius 3 is 2.67 bits per heavy atom. The standard InChI is InChI=1S/C14H16N2OS/c1-3-12-9-16(14(15-2)18-12)10-13(17)11-7-5-4-6-8-11/h4-9H,3,10H2,1-2H3. The van der Waals surface area contributed by atoms with Crippen LogP contribution in [0.4, 0.5) is 0 Å². The highest BCUT2D eigenvalue weighted by molar-refractivity contribution is 7.09. The summed E-state index contributed by atoms with van der Waals surface area (Å²) >= 11 is 1.64. The van der Waals surface area contributed by atoms with Gasteiger partial charge in [0.05, 0.1) is 6.54 Å². The first kappa shape index (κ1) is 12.8. The third-order valence-corrected chi connectivity index (χ3v) is 3.97. The van der Waals surface area contributed by atoms with Crippen molar-refractivity contribution in [2.24, 2.45) is 4.99 Å². The van der Waals surface area contributed by atoms with Gasteiger partial charge in [0.15, 0.2) is 10.6 Å². The molecule has 0 aliphatic rings. The summed E-state index contributed by atoms with van der Waals surface area (Å²) in [5.41, 5.74) is 0.747. The molecular weight excluding hydrogens is 244 g/mol. The number of ketones is 1. The second-order valence-corrected chi connectivity index (χ2v) is 5.07. The lowest BCUT2D eigenvalue weighted by Gasteiger charge is -2.02. The Morgan fingerprint density at radius 1 is 1.33 bits per heavy atom. The number of hydrogen-bond donors (Lipinski definition) is 0. The zero-order valence-electron chi connectivity index (χ0n) is 10.6. The number of carbonyl (C=O) groups excluding carboxylic acids is 1. The Kier molecular flexibility index (Phi) is 4.10. The van der Waals surface area contributed by atoms with Crippen molar-refractivity contribution in [1.29, 1.82) is 0 Å². The molecule has 0 saturated carbocycles. The number of hydrogen-bond acceptors (Lipinski definition) is 3. The molecule has 0 atom stereocenters. The monoisotopic (exact) mass is 260 g/mol. The second-order valence-electron chi connectivity index (χ2n) is 3.97. The fourth-order valence-corrected chi connectivity index (χ4v) is 2.64. The summed E-state index contributed by atoms with van der Waals surface area (Å²) in [7, 11) is 1.76. The first-order chi connectivity index (χ1) is 8.74. The van der Waals surface area contributed by atoms with E-state index in [0.29, 0.717) is 6.54 Å². The number of thiazole rings is 1. The number of aryl methyl sites for hydroxylation is 1. The Morgan fingerprint density at radius 2 is 2.06 bits per heavy atom. The molecule has 1 aromatic carbocycles. The highest BCUT2D eigenvalue weighted by atomic mass is 32.1.